The third-order valence-electron chi connectivity index (χ3n) is 8.40. The number of Topliss-reactive ketones (excluding diaryl/α,β-unsaturated/α-hetero) is 1. The average molecular weight is 713 g/mol. The average Bonchev–Trinajstić information content (AvgIpc) is 3.11. The van der Waals surface area contributed by atoms with Crippen molar-refractivity contribution in [1.82, 2.24) is 0 Å². The Kier molecular flexibility index (Phi) is 29.4. The van der Waals surface area contributed by atoms with Gasteiger partial charge in [0.1, 0.15) is 5.69 Å². The maximum absolute atomic E-state index is 12.3. The second kappa shape index (κ2) is 31.9. The van der Waals surface area contributed by atoms with E-state index in [1.165, 1.54) is 89.5 Å². The van der Waals surface area contributed by atoms with Crippen LogP contribution >= 0.6 is 0 Å². The summed E-state index contributed by atoms with van der Waals surface area (Å²) in [6.07, 6.45) is 25.0. The van der Waals surface area contributed by atoms with Gasteiger partial charge in [-0.05, 0) is 43.6 Å². The number of nitrogens with one attached hydrogen (secondary N) is 1. The number of unbranched alkanes of at least 4 members (excludes halogenated alkanes) is 17. The van der Waals surface area contributed by atoms with Crippen molar-refractivity contribution < 1.29 is 19.4 Å². The third kappa shape index (κ3) is 25.6. The Morgan fingerprint density at radius 2 is 1.24 bits per heavy atom. The number of benzene rings is 1. The molecule has 286 valence electrons. The van der Waals surface area contributed by atoms with E-state index in [9.17, 15) is 29.8 Å². The molecule has 7 N–H and O–H groups in total. The quantitative estimate of drug-likeness (QED) is 0.0285. The molecule has 2 unspecified atom stereocenters. The highest BCUT2D eigenvalue weighted by molar-refractivity contribution is 5.92. The number of carbonyl (C=O) groups is 2. The van der Waals surface area contributed by atoms with Crippen LogP contribution in [-0.2, 0) is 9.59 Å². The summed E-state index contributed by atoms with van der Waals surface area (Å²) in [7, 11) is 0. The number of nitro benzene ring substituents is 2. The van der Waals surface area contributed by atoms with Crippen LogP contribution in [0.25, 0.3) is 0 Å². The number of hydrogen-bond acceptors (Lipinski definition) is 9. The van der Waals surface area contributed by atoms with Gasteiger partial charge in [0.15, 0.2) is 5.78 Å². The van der Waals surface area contributed by atoms with Crippen molar-refractivity contribution >= 4 is 28.8 Å². The van der Waals surface area contributed by atoms with E-state index in [0.717, 1.165) is 50.7 Å². The van der Waals surface area contributed by atoms with E-state index in [0.29, 0.717) is 19.3 Å². The van der Waals surface area contributed by atoms with Crippen LogP contribution in [0.2, 0.25) is 0 Å². The number of carbonyl (C=O) groups excluding carboxylic acids is 2. The molecule has 0 aliphatic carbocycles. The molecule has 0 fully saturated rings. The lowest BCUT2D eigenvalue weighted by atomic mass is 10.00. The van der Waals surface area contributed by atoms with Crippen LogP contribution < -0.4 is 22.5 Å². The van der Waals surface area contributed by atoms with Crippen LogP contribution in [0.3, 0.4) is 0 Å². The van der Waals surface area contributed by atoms with E-state index >= 15 is 0 Å². The minimum Gasteiger partial charge on any atom is -0.370 e. The van der Waals surface area contributed by atoms with Gasteiger partial charge in [-0.25, -0.2) is 0 Å². The maximum atomic E-state index is 12.3. The van der Waals surface area contributed by atoms with Gasteiger partial charge in [-0.15, -0.1) is 0 Å². The van der Waals surface area contributed by atoms with Crippen molar-refractivity contribution in [3.05, 3.63) is 38.4 Å². The molecule has 12 heteroatoms. The first kappa shape index (κ1) is 47.0. The Hall–Kier alpha value is -4.00. The van der Waals surface area contributed by atoms with Gasteiger partial charge in [0.2, 0.25) is 5.91 Å². The number of anilines is 1. The Morgan fingerprint density at radius 1 is 0.745 bits per heavy atom. The molecule has 0 bridgehead atoms. The van der Waals surface area contributed by atoms with Crippen molar-refractivity contribution in [2.24, 2.45) is 17.2 Å². The van der Waals surface area contributed by atoms with Gasteiger partial charge < -0.3 is 22.5 Å². The van der Waals surface area contributed by atoms with Crippen LogP contribution in [0.5, 0.6) is 0 Å². The SMILES string of the molecule is CCCCC(Nc1ccc([N+](=O)[O-])cc1[N+](=O)[O-])C(=O)C(N)CN.CCCCCCCCCCCCC#CC#CCCCCCCCCC(N)=O. The fourth-order valence-corrected chi connectivity index (χ4v) is 5.30. The van der Waals surface area contributed by atoms with E-state index in [1.807, 2.05) is 6.92 Å². The van der Waals surface area contributed by atoms with E-state index in [2.05, 4.69) is 35.9 Å². The topological polar surface area (TPSA) is 211 Å². The number of nitrogens with zero attached hydrogens (tertiary/aromatic N) is 2. The molecule has 1 rings (SSSR count). The lowest BCUT2D eigenvalue weighted by molar-refractivity contribution is -0.393. The second-order valence-electron chi connectivity index (χ2n) is 12.9. The Balaban J connectivity index is 0.000000986. The number of non-ortho nitro benzene ring substituents is 1. The molecule has 0 aromatic heterocycles. The van der Waals surface area contributed by atoms with Gasteiger partial charge in [0, 0.05) is 31.9 Å². The molecule has 1 aromatic carbocycles. The Bertz CT molecular complexity index is 1270. The molecule has 1 amide bonds. The van der Waals surface area contributed by atoms with Crippen LogP contribution in [-0.4, -0.2) is 40.2 Å². The van der Waals surface area contributed by atoms with Gasteiger partial charge >= 0.3 is 0 Å². The number of ketones is 1. The fourth-order valence-electron chi connectivity index (χ4n) is 5.30. The van der Waals surface area contributed by atoms with E-state index in [-0.39, 0.29) is 23.9 Å². The van der Waals surface area contributed by atoms with Gasteiger partial charge in [0.25, 0.3) is 11.4 Å². The first-order chi connectivity index (χ1) is 24.6. The Morgan fingerprint density at radius 3 is 1.69 bits per heavy atom. The highest BCUT2D eigenvalue weighted by Crippen LogP contribution is 2.30. The van der Waals surface area contributed by atoms with Crippen molar-refractivity contribution in [3.63, 3.8) is 0 Å². The van der Waals surface area contributed by atoms with Crippen LogP contribution in [0.15, 0.2) is 18.2 Å². The van der Waals surface area contributed by atoms with Crippen molar-refractivity contribution in [2.75, 3.05) is 11.9 Å². The Labute approximate surface area is 306 Å². The van der Waals surface area contributed by atoms with Crippen LogP contribution in [0.1, 0.15) is 155 Å². The van der Waals surface area contributed by atoms with Crippen LogP contribution in [0, 0.1) is 43.9 Å². The molecule has 0 saturated heterocycles. The van der Waals surface area contributed by atoms with E-state index < -0.39 is 33.3 Å². The molecule has 2 atom stereocenters. The van der Waals surface area contributed by atoms with Crippen LogP contribution in [0.4, 0.5) is 17.1 Å². The molecule has 0 saturated carbocycles. The first-order valence-electron chi connectivity index (χ1n) is 19.0. The number of rotatable bonds is 28. The minimum atomic E-state index is -0.878. The summed E-state index contributed by atoms with van der Waals surface area (Å²) in [5.74, 6) is 11.8. The lowest BCUT2D eigenvalue weighted by Crippen LogP contribution is -2.46. The monoisotopic (exact) mass is 712 g/mol. The minimum absolute atomic E-state index is 0.0317. The molecular weight excluding hydrogens is 648 g/mol. The molecule has 0 heterocycles. The van der Waals surface area contributed by atoms with Crippen molar-refractivity contribution in [2.45, 2.75) is 167 Å². The summed E-state index contributed by atoms with van der Waals surface area (Å²) in [6, 6.07) is 1.59. The molecule has 0 aliphatic heterocycles. The number of hydrogen-bond donors (Lipinski definition) is 4. The van der Waals surface area contributed by atoms with Gasteiger partial charge in [-0.3, -0.25) is 29.8 Å². The molecular formula is C39H64N6O6. The molecule has 0 radical (unpaired) electrons. The molecule has 51 heavy (non-hydrogen) atoms. The zero-order valence-corrected chi connectivity index (χ0v) is 31.2. The number of amides is 1. The smallest absolute Gasteiger partial charge is 0.299 e. The molecule has 12 nitrogen and oxygen atoms in total. The van der Waals surface area contributed by atoms with Gasteiger partial charge in [-0.1, -0.05) is 122 Å². The summed E-state index contributed by atoms with van der Waals surface area (Å²) in [5, 5.41) is 24.7. The standard InChI is InChI=1S/C25H43NO.C14H21N5O5/c1-2-3-4-5-6-7-8-9-10-11-12-13-14-15-16-17-18-19-20-21-22-23-24-25(26)27;1-2-3-4-12(14(20)10(16)8-15)17-11-6-5-9(18(21)22)7-13(11)19(23)24/h2-12,17-24H2,1H3,(H2,26,27);5-7,10,12,17H,2-4,8,15-16H2,1H3. The summed E-state index contributed by atoms with van der Waals surface area (Å²) < 4.78 is 0. The number of nitrogens with two attached hydrogens (primary N) is 3. The maximum Gasteiger partial charge on any atom is 0.299 e. The summed E-state index contributed by atoms with van der Waals surface area (Å²) in [4.78, 5) is 43.4. The zero-order valence-electron chi connectivity index (χ0n) is 31.2. The lowest BCUT2D eigenvalue weighted by Gasteiger charge is -2.21. The van der Waals surface area contributed by atoms with E-state index in [1.54, 1.807) is 0 Å². The predicted molar refractivity (Wildman–Crippen MR) is 207 cm³/mol. The van der Waals surface area contributed by atoms with E-state index in [4.69, 9.17) is 17.2 Å². The largest absolute Gasteiger partial charge is 0.370 e. The second-order valence-corrected chi connectivity index (χ2v) is 12.9. The first-order valence-corrected chi connectivity index (χ1v) is 19.0. The summed E-state index contributed by atoms with van der Waals surface area (Å²) >= 11 is 0. The summed E-state index contributed by atoms with van der Waals surface area (Å²) in [6.45, 7) is 4.18. The van der Waals surface area contributed by atoms with Gasteiger partial charge in [0.05, 0.1) is 28.0 Å². The predicted octanol–water partition coefficient (Wildman–Crippen LogP) is 8.24. The highest BCUT2D eigenvalue weighted by Gasteiger charge is 2.27. The third-order valence-corrected chi connectivity index (χ3v) is 8.40. The molecule has 0 aliphatic rings. The number of primary amides is 1. The van der Waals surface area contributed by atoms with Crippen molar-refractivity contribution in [3.8, 4) is 23.7 Å². The normalized spacial score (nSPS) is 11.5. The molecule has 0 spiro atoms. The fraction of sp³-hybridized carbons (Fsp3) is 0.692. The molecule has 1 aromatic rings. The van der Waals surface area contributed by atoms with Gasteiger partial charge in [-0.2, -0.15) is 0 Å². The zero-order chi connectivity index (χ0) is 38.1. The number of nitro groups is 2. The van der Waals surface area contributed by atoms with Crippen molar-refractivity contribution in [1.29, 1.82) is 0 Å². The summed E-state index contributed by atoms with van der Waals surface area (Å²) in [5.41, 5.74) is 15.3. The highest BCUT2D eigenvalue weighted by atomic mass is 16.6.